The van der Waals surface area contributed by atoms with Gasteiger partial charge in [0.25, 0.3) is 0 Å². The highest BCUT2D eigenvalue weighted by atomic mass is 79.9. The van der Waals surface area contributed by atoms with E-state index in [1.807, 2.05) is 13.8 Å². The van der Waals surface area contributed by atoms with Crippen LogP contribution in [0.1, 0.15) is 24.2 Å². The molecule has 0 aliphatic heterocycles. The van der Waals surface area contributed by atoms with Crippen molar-refractivity contribution in [3.8, 4) is 5.75 Å². The first-order valence-corrected chi connectivity index (χ1v) is 7.54. The Hall–Kier alpha value is -0.630. The summed E-state index contributed by atoms with van der Waals surface area (Å²) < 4.78 is 11.8. The fourth-order valence-electron chi connectivity index (χ4n) is 1.35. The number of aromatic carboxylic acids is 1. The van der Waals surface area contributed by atoms with Gasteiger partial charge in [-0.3, -0.25) is 0 Å². The van der Waals surface area contributed by atoms with E-state index in [9.17, 15) is 9.90 Å². The van der Waals surface area contributed by atoms with Crippen molar-refractivity contribution in [1.29, 1.82) is 0 Å². The van der Waals surface area contributed by atoms with Crippen molar-refractivity contribution in [2.75, 3.05) is 13.2 Å². The maximum Gasteiger partial charge on any atom is 0.335 e. The second-order valence-electron chi connectivity index (χ2n) is 4.42. The Morgan fingerprint density at radius 3 is 2.25 bits per heavy atom. The van der Waals surface area contributed by atoms with Gasteiger partial charge < -0.3 is 19.7 Å². The molecule has 1 aromatic rings. The van der Waals surface area contributed by atoms with Crippen molar-refractivity contribution >= 4 is 37.8 Å². The minimum absolute atomic E-state index is 0.0398. The molecule has 0 fully saturated rings. The zero-order chi connectivity index (χ0) is 15.3. The number of hydrogen-bond acceptors (Lipinski definition) is 4. The fraction of sp³-hybridized carbons (Fsp3) is 0.462. The Morgan fingerprint density at radius 1 is 1.25 bits per heavy atom. The molecule has 0 heterocycles. The molecule has 1 aromatic carbocycles. The number of aliphatic hydroxyl groups excluding tert-OH is 1. The van der Waals surface area contributed by atoms with Crippen LogP contribution in [-0.4, -0.2) is 41.6 Å². The Labute approximate surface area is 134 Å². The molecule has 5 nitrogen and oxygen atoms in total. The van der Waals surface area contributed by atoms with Gasteiger partial charge in [0.05, 0.1) is 27.2 Å². The van der Waals surface area contributed by atoms with Gasteiger partial charge in [0, 0.05) is 0 Å². The highest BCUT2D eigenvalue weighted by molar-refractivity contribution is 9.11. The number of rotatable bonds is 7. The monoisotopic (exact) mass is 410 g/mol. The number of benzene rings is 1. The molecular formula is C13H16Br2O5. The Bertz CT molecular complexity index is 453. The van der Waals surface area contributed by atoms with Crippen LogP contribution in [0.2, 0.25) is 0 Å². The van der Waals surface area contributed by atoms with Crippen LogP contribution in [0, 0.1) is 0 Å². The number of ether oxygens (including phenoxy) is 2. The largest absolute Gasteiger partial charge is 0.488 e. The molecule has 20 heavy (non-hydrogen) atoms. The molecule has 0 aliphatic carbocycles. The lowest BCUT2D eigenvalue weighted by Crippen LogP contribution is -2.25. The van der Waals surface area contributed by atoms with Crippen LogP contribution in [0.15, 0.2) is 21.1 Å². The average molecular weight is 412 g/mol. The molecule has 0 amide bonds. The van der Waals surface area contributed by atoms with Crippen LogP contribution in [0.3, 0.4) is 0 Å². The van der Waals surface area contributed by atoms with Gasteiger partial charge in [-0.1, -0.05) is 0 Å². The van der Waals surface area contributed by atoms with Crippen LogP contribution in [0.4, 0.5) is 0 Å². The van der Waals surface area contributed by atoms with Crippen molar-refractivity contribution in [2.24, 2.45) is 0 Å². The first kappa shape index (κ1) is 17.4. The maximum absolute atomic E-state index is 10.9. The van der Waals surface area contributed by atoms with Crippen LogP contribution in [0.25, 0.3) is 0 Å². The summed E-state index contributed by atoms with van der Waals surface area (Å²) in [6.45, 7) is 3.99. The molecule has 0 aliphatic rings. The Morgan fingerprint density at radius 2 is 1.80 bits per heavy atom. The first-order chi connectivity index (χ1) is 9.31. The maximum atomic E-state index is 10.9. The molecule has 112 valence electrons. The molecule has 1 unspecified atom stereocenters. The van der Waals surface area contributed by atoms with Crippen molar-refractivity contribution in [3.05, 3.63) is 26.6 Å². The highest BCUT2D eigenvalue weighted by Gasteiger charge is 2.14. The number of aliphatic hydroxyl groups is 1. The number of carboxylic acids is 1. The second kappa shape index (κ2) is 7.97. The van der Waals surface area contributed by atoms with E-state index >= 15 is 0 Å². The summed E-state index contributed by atoms with van der Waals surface area (Å²) in [5, 5.41) is 18.6. The summed E-state index contributed by atoms with van der Waals surface area (Å²) in [7, 11) is 0. The minimum Gasteiger partial charge on any atom is -0.488 e. The zero-order valence-corrected chi connectivity index (χ0v) is 14.3. The number of hydrogen-bond donors (Lipinski definition) is 2. The van der Waals surface area contributed by atoms with Gasteiger partial charge in [-0.25, -0.2) is 4.79 Å². The van der Waals surface area contributed by atoms with Gasteiger partial charge in [-0.2, -0.15) is 0 Å². The van der Waals surface area contributed by atoms with Crippen molar-refractivity contribution in [3.63, 3.8) is 0 Å². The van der Waals surface area contributed by atoms with Gasteiger partial charge in [-0.15, -0.1) is 0 Å². The lowest BCUT2D eigenvalue weighted by molar-refractivity contribution is -0.0124. The third-order valence-electron chi connectivity index (χ3n) is 2.29. The van der Waals surface area contributed by atoms with Crippen molar-refractivity contribution in [1.82, 2.24) is 0 Å². The molecule has 1 rings (SSSR count). The lowest BCUT2D eigenvalue weighted by atomic mass is 10.2. The molecule has 0 saturated heterocycles. The van der Waals surface area contributed by atoms with Gasteiger partial charge in [-0.05, 0) is 57.8 Å². The summed E-state index contributed by atoms with van der Waals surface area (Å²) in [5.74, 6) is -0.582. The number of carboxylic acid groups (broad SMARTS) is 1. The quantitative estimate of drug-likeness (QED) is 0.720. The van der Waals surface area contributed by atoms with Crippen LogP contribution < -0.4 is 4.74 Å². The van der Waals surface area contributed by atoms with Gasteiger partial charge in [0.2, 0.25) is 0 Å². The zero-order valence-electron chi connectivity index (χ0n) is 11.1. The van der Waals surface area contributed by atoms with E-state index in [0.717, 1.165) is 0 Å². The van der Waals surface area contributed by atoms with Crippen LogP contribution in [-0.2, 0) is 4.74 Å². The third kappa shape index (κ3) is 5.40. The average Bonchev–Trinajstić information content (AvgIpc) is 2.34. The third-order valence-corrected chi connectivity index (χ3v) is 3.47. The predicted molar refractivity (Wildman–Crippen MR) is 81.4 cm³/mol. The van der Waals surface area contributed by atoms with Crippen LogP contribution in [0.5, 0.6) is 5.75 Å². The topological polar surface area (TPSA) is 76.0 Å². The highest BCUT2D eigenvalue weighted by Crippen LogP contribution is 2.34. The molecule has 0 spiro atoms. The molecule has 7 heteroatoms. The number of halogens is 2. The summed E-state index contributed by atoms with van der Waals surface area (Å²) in [4.78, 5) is 10.9. The molecule has 2 N–H and O–H groups in total. The molecule has 0 saturated carbocycles. The normalized spacial score (nSPS) is 12.5. The van der Waals surface area contributed by atoms with E-state index < -0.39 is 12.1 Å². The van der Waals surface area contributed by atoms with E-state index in [4.69, 9.17) is 14.6 Å². The van der Waals surface area contributed by atoms with Crippen LogP contribution >= 0.6 is 31.9 Å². The predicted octanol–water partition coefficient (Wildman–Crippen LogP) is 3.07. The summed E-state index contributed by atoms with van der Waals surface area (Å²) in [5.41, 5.74) is 0.139. The SMILES string of the molecule is CC(C)OCC(O)COc1c(Br)cc(C(=O)O)cc1Br. The molecule has 1 atom stereocenters. The molecule has 0 bridgehead atoms. The smallest absolute Gasteiger partial charge is 0.335 e. The van der Waals surface area contributed by atoms with E-state index in [2.05, 4.69) is 31.9 Å². The Balaban J connectivity index is 2.66. The lowest BCUT2D eigenvalue weighted by Gasteiger charge is -2.16. The van der Waals surface area contributed by atoms with Gasteiger partial charge in [0.15, 0.2) is 0 Å². The van der Waals surface area contributed by atoms with Gasteiger partial charge in [0.1, 0.15) is 18.5 Å². The minimum atomic E-state index is -1.02. The Kier molecular flexibility index (Phi) is 6.94. The molecular weight excluding hydrogens is 396 g/mol. The number of carbonyl (C=O) groups is 1. The van der Waals surface area contributed by atoms with Crippen molar-refractivity contribution in [2.45, 2.75) is 26.1 Å². The standard InChI is InChI=1S/C13H16Br2O5/c1-7(2)19-5-9(16)6-20-12-10(14)3-8(13(17)18)4-11(12)15/h3-4,7,9,16H,5-6H2,1-2H3,(H,17,18). The van der Waals surface area contributed by atoms with Crippen molar-refractivity contribution < 1.29 is 24.5 Å². The summed E-state index contributed by atoms with van der Waals surface area (Å²) in [6, 6.07) is 2.89. The van der Waals surface area contributed by atoms with E-state index in [1.165, 1.54) is 12.1 Å². The molecule has 0 radical (unpaired) electrons. The summed E-state index contributed by atoms with van der Waals surface area (Å²) >= 11 is 6.49. The van der Waals surface area contributed by atoms with E-state index in [0.29, 0.717) is 14.7 Å². The fourth-order valence-corrected chi connectivity index (χ4v) is 2.77. The second-order valence-corrected chi connectivity index (χ2v) is 6.13. The van der Waals surface area contributed by atoms with E-state index in [-0.39, 0.29) is 24.9 Å². The first-order valence-electron chi connectivity index (χ1n) is 5.96. The molecule has 0 aromatic heterocycles. The summed E-state index contributed by atoms with van der Waals surface area (Å²) in [6.07, 6.45) is -0.715. The van der Waals surface area contributed by atoms with E-state index in [1.54, 1.807) is 0 Å². The van der Waals surface area contributed by atoms with Gasteiger partial charge >= 0.3 is 5.97 Å².